The molecule has 7 nitrogen and oxygen atoms in total. The first-order valence-corrected chi connectivity index (χ1v) is 13.0. The molecular formula is C29H47N3O4. The molecule has 1 unspecified atom stereocenters. The van der Waals surface area contributed by atoms with Gasteiger partial charge in [0.2, 0.25) is 0 Å². The average molecular weight is 502 g/mol. The number of aromatic nitrogens is 3. The van der Waals surface area contributed by atoms with Crippen LogP contribution in [0.15, 0.2) is 53.4 Å². The molecule has 0 radical (unpaired) electrons. The molecule has 7 heteroatoms. The van der Waals surface area contributed by atoms with E-state index in [2.05, 4.69) is 37.2 Å². The number of hydrogen-bond donors (Lipinski definition) is 1. The summed E-state index contributed by atoms with van der Waals surface area (Å²) < 4.78 is 8.58. The monoisotopic (exact) mass is 501 g/mol. The van der Waals surface area contributed by atoms with Gasteiger partial charge in [0.15, 0.2) is 5.60 Å². The third kappa shape index (κ3) is 11.6. The molecule has 2 aromatic rings. The van der Waals surface area contributed by atoms with E-state index in [9.17, 15) is 9.59 Å². The van der Waals surface area contributed by atoms with Crippen molar-refractivity contribution >= 4 is 5.97 Å². The normalized spacial score (nSPS) is 12.0. The van der Waals surface area contributed by atoms with Gasteiger partial charge in [-0.05, 0) is 57.2 Å². The van der Waals surface area contributed by atoms with Crippen LogP contribution in [-0.2, 0) is 31.2 Å². The molecule has 1 aromatic carbocycles. The maximum atomic E-state index is 12.0. The lowest BCUT2D eigenvalue weighted by atomic mass is 10.1. The van der Waals surface area contributed by atoms with E-state index in [-0.39, 0.29) is 5.69 Å². The Kier molecular flexibility index (Phi) is 15.9. The van der Waals surface area contributed by atoms with Gasteiger partial charge in [-0.3, -0.25) is 4.57 Å². The van der Waals surface area contributed by atoms with Crippen molar-refractivity contribution in [1.82, 2.24) is 14.3 Å². The minimum atomic E-state index is -1.27. The fourth-order valence-electron chi connectivity index (χ4n) is 3.01. The summed E-state index contributed by atoms with van der Waals surface area (Å²) in [6, 6.07) is 7.33. The number of carbonyl (C=O) groups is 1. The van der Waals surface area contributed by atoms with Gasteiger partial charge < -0.3 is 9.84 Å². The Morgan fingerprint density at radius 1 is 1.14 bits per heavy atom. The van der Waals surface area contributed by atoms with E-state index in [1.54, 1.807) is 23.7 Å². The van der Waals surface area contributed by atoms with Crippen molar-refractivity contribution in [3.63, 3.8) is 0 Å². The first-order chi connectivity index (χ1) is 17.0. The van der Waals surface area contributed by atoms with Crippen LogP contribution in [0, 0.1) is 5.92 Å². The van der Waals surface area contributed by atoms with Crippen LogP contribution in [0.1, 0.15) is 79.6 Å². The van der Waals surface area contributed by atoms with E-state index < -0.39 is 11.6 Å². The van der Waals surface area contributed by atoms with E-state index in [0.717, 1.165) is 30.1 Å². The van der Waals surface area contributed by atoms with Gasteiger partial charge in [-0.25, -0.2) is 14.3 Å². The standard InChI is InChI=1S/C18H25N3O4.C9H16.C2H6/c1-5-12-21-15(19-20(4)17(21)24)11-8-13-6-9-14(10-7-13)25-18(2,3)16(22)23;1-4-6-7-8-9(3)5-2;1-2/h6-7,9-10H,5,8,11-12H2,1-4H3,(H,22,23);4,6-9H,5H2,1-3H3;1-2H3/b;6-4-,8-7-;. The van der Waals surface area contributed by atoms with Crippen LogP contribution in [0.2, 0.25) is 0 Å². The molecule has 0 saturated heterocycles. The molecule has 0 saturated carbocycles. The summed E-state index contributed by atoms with van der Waals surface area (Å²) in [4.78, 5) is 23.1. The first-order valence-electron chi connectivity index (χ1n) is 13.0. The molecule has 1 aromatic heterocycles. The molecule has 0 bridgehead atoms. The Balaban J connectivity index is 0.000000941. The van der Waals surface area contributed by atoms with Crippen molar-refractivity contribution in [3.8, 4) is 5.75 Å². The largest absolute Gasteiger partial charge is 0.478 e. The smallest absolute Gasteiger partial charge is 0.347 e. The molecule has 1 N–H and O–H groups in total. The summed E-state index contributed by atoms with van der Waals surface area (Å²) >= 11 is 0. The summed E-state index contributed by atoms with van der Waals surface area (Å²) in [7, 11) is 1.66. The molecule has 0 amide bonds. The topological polar surface area (TPSA) is 86.3 Å². The molecule has 0 aliphatic rings. The van der Waals surface area contributed by atoms with Gasteiger partial charge in [0.25, 0.3) is 0 Å². The molecule has 1 heterocycles. The highest BCUT2D eigenvalue weighted by atomic mass is 16.5. The predicted octanol–water partition coefficient (Wildman–Crippen LogP) is 6.21. The zero-order valence-corrected chi connectivity index (χ0v) is 23.7. The predicted molar refractivity (Wildman–Crippen MR) is 149 cm³/mol. The lowest BCUT2D eigenvalue weighted by Gasteiger charge is -2.21. The minimum Gasteiger partial charge on any atom is -0.478 e. The molecule has 1 atom stereocenters. The zero-order chi connectivity index (χ0) is 27.7. The van der Waals surface area contributed by atoms with Crippen molar-refractivity contribution in [2.75, 3.05) is 0 Å². The second kappa shape index (κ2) is 17.4. The van der Waals surface area contributed by atoms with E-state index >= 15 is 0 Å². The van der Waals surface area contributed by atoms with Crippen LogP contribution in [0.3, 0.4) is 0 Å². The first kappa shape index (κ1) is 32.9. The van der Waals surface area contributed by atoms with Crippen LogP contribution in [0.4, 0.5) is 0 Å². The zero-order valence-electron chi connectivity index (χ0n) is 23.7. The second-order valence-corrected chi connectivity index (χ2v) is 8.83. The number of aryl methyl sites for hydroxylation is 3. The molecule has 0 aliphatic carbocycles. The fraction of sp³-hybridized carbons (Fsp3) is 0.552. The molecule has 36 heavy (non-hydrogen) atoms. The number of nitrogens with zero attached hydrogens (tertiary/aromatic N) is 3. The summed E-state index contributed by atoms with van der Waals surface area (Å²) in [5.74, 6) is 1.00. The highest BCUT2D eigenvalue weighted by Crippen LogP contribution is 2.20. The third-order valence-corrected chi connectivity index (χ3v) is 5.37. The number of aliphatic carboxylic acids is 1. The average Bonchev–Trinajstić information content (AvgIpc) is 3.13. The van der Waals surface area contributed by atoms with Crippen molar-refractivity contribution in [3.05, 3.63) is 70.4 Å². The number of benzene rings is 1. The summed E-state index contributed by atoms with van der Waals surface area (Å²) in [5, 5.41) is 13.4. The van der Waals surface area contributed by atoms with Crippen molar-refractivity contribution in [1.29, 1.82) is 0 Å². The van der Waals surface area contributed by atoms with E-state index in [0.29, 0.717) is 18.7 Å². The number of rotatable bonds is 11. The quantitative estimate of drug-likeness (QED) is 0.370. The number of hydrogen-bond acceptors (Lipinski definition) is 4. The fourth-order valence-corrected chi connectivity index (χ4v) is 3.01. The van der Waals surface area contributed by atoms with Gasteiger partial charge in [0.05, 0.1) is 0 Å². The number of allylic oxidation sites excluding steroid dienone is 4. The Morgan fingerprint density at radius 3 is 2.25 bits per heavy atom. The Labute approximate surface area is 217 Å². The van der Waals surface area contributed by atoms with Crippen molar-refractivity contribution < 1.29 is 14.6 Å². The van der Waals surface area contributed by atoms with E-state index in [4.69, 9.17) is 9.84 Å². The molecule has 202 valence electrons. The summed E-state index contributed by atoms with van der Waals surface area (Å²) in [6.45, 7) is 16.2. The van der Waals surface area contributed by atoms with Crippen LogP contribution in [-0.4, -0.2) is 31.0 Å². The third-order valence-electron chi connectivity index (χ3n) is 5.37. The SMILES string of the molecule is C/C=C\C=C/C(C)CC.CC.CCCn1c(CCc2ccc(OC(C)(C)C(=O)O)cc2)nn(C)c1=O. The lowest BCUT2D eigenvalue weighted by molar-refractivity contribution is -0.152. The maximum absolute atomic E-state index is 12.0. The Morgan fingerprint density at radius 2 is 1.75 bits per heavy atom. The Hall–Kier alpha value is -3.09. The van der Waals surface area contributed by atoms with Crippen LogP contribution in [0.5, 0.6) is 5.75 Å². The summed E-state index contributed by atoms with van der Waals surface area (Å²) in [5.41, 5.74) is -0.288. The molecule has 0 fully saturated rings. The highest BCUT2D eigenvalue weighted by molar-refractivity contribution is 5.76. The lowest BCUT2D eigenvalue weighted by Crippen LogP contribution is -2.37. The minimum absolute atomic E-state index is 0.0866. The molecular weight excluding hydrogens is 454 g/mol. The number of carboxylic acid groups (broad SMARTS) is 1. The van der Waals surface area contributed by atoms with Crippen molar-refractivity contribution in [2.24, 2.45) is 13.0 Å². The molecule has 2 rings (SSSR count). The van der Waals surface area contributed by atoms with E-state index in [1.165, 1.54) is 25.0 Å². The van der Waals surface area contributed by atoms with E-state index in [1.807, 2.05) is 45.9 Å². The van der Waals surface area contributed by atoms with Gasteiger partial charge in [0.1, 0.15) is 11.6 Å². The highest BCUT2D eigenvalue weighted by Gasteiger charge is 2.29. The van der Waals surface area contributed by atoms with Gasteiger partial charge in [-0.15, -0.1) is 0 Å². The molecule has 0 aliphatic heterocycles. The Bertz CT molecular complexity index is 999. The summed E-state index contributed by atoms with van der Waals surface area (Å²) in [6.07, 6.45) is 11.9. The van der Waals surface area contributed by atoms with Crippen molar-refractivity contribution in [2.45, 2.75) is 93.2 Å². The maximum Gasteiger partial charge on any atom is 0.347 e. The van der Waals surface area contributed by atoms with Crippen LogP contribution >= 0.6 is 0 Å². The van der Waals surface area contributed by atoms with Crippen LogP contribution < -0.4 is 10.4 Å². The van der Waals surface area contributed by atoms with Gasteiger partial charge >= 0.3 is 11.7 Å². The van der Waals surface area contributed by atoms with Gasteiger partial charge in [-0.1, -0.05) is 77.5 Å². The number of carboxylic acids is 1. The van der Waals surface area contributed by atoms with Gasteiger partial charge in [0, 0.05) is 20.0 Å². The molecule has 0 spiro atoms. The second-order valence-electron chi connectivity index (χ2n) is 8.83. The van der Waals surface area contributed by atoms with Gasteiger partial charge in [-0.2, -0.15) is 5.10 Å². The van der Waals surface area contributed by atoms with Crippen LogP contribution in [0.25, 0.3) is 0 Å². The number of ether oxygens (including phenoxy) is 1.